The summed E-state index contributed by atoms with van der Waals surface area (Å²) >= 11 is 0. The van der Waals surface area contributed by atoms with Crippen molar-refractivity contribution in [3.63, 3.8) is 0 Å². The molecular formula is C17H22O4. The van der Waals surface area contributed by atoms with Gasteiger partial charge in [-0.2, -0.15) is 0 Å². The molecule has 1 aromatic rings. The first-order valence-electron chi connectivity index (χ1n) is 6.17. The van der Waals surface area contributed by atoms with Crippen molar-refractivity contribution in [3.05, 3.63) is 74.4 Å². The molecule has 0 fully saturated rings. The van der Waals surface area contributed by atoms with Crippen LogP contribution >= 0.6 is 0 Å². The highest BCUT2D eigenvalue weighted by molar-refractivity contribution is 5.81. The molecule has 0 radical (unpaired) electrons. The topological polar surface area (TPSA) is 52.6 Å². The van der Waals surface area contributed by atoms with Gasteiger partial charge in [0.05, 0.1) is 13.7 Å². The lowest BCUT2D eigenvalue weighted by Gasteiger charge is -2.01. The van der Waals surface area contributed by atoms with Crippen LogP contribution in [0.2, 0.25) is 0 Å². The molecule has 0 amide bonds. The van der Waals surface area contributed by atoms with Crippen LogP contribution in [0, 0.1) is 0 Å². The number of benzene rings is 1. The van der Waals surface area contributed by atoms with Crippen molar-refractivity contribution in [1.82, 2.24) is 0 Å². The van der Waals surface area contributed by atoms with E-state index >= 15 is 0 Å². The number of carbonyl (C=O) groups excluding carboxylic acids is 2. The van der Waals surface area contributed by atoms with Crippen molar-refractivity contribution in [1.29, 1.82) is 0 Å². The van der Waals surface area contributed by atoms with Crippen LogP contribution in [-0.4, -0.2) is 25.7 Å². The summed E-state index contributed by atoms with van der Waals surface area (Å²) in [6.07, 6.45) is 3.03. The lowest BCUT2D eigenvalue weighted by molar-refractivity contribution is -0.137. The first-order chi connectivity index (χ1) is 10.1. The molecule has 0 heterocycles. The Kier molecular flexibility index (Phi) is 15.2. The van der Waals surface area contributed by atoms with E-state index in [4.69, 9.17) is 4.74 Å². The van der Waals surface area contributed by atoms with Gasteiger partial charge in [-0.3, -0.25) is 0 Å². The summed E-state index contributed by atoms with van der Waals surface area (Å²) in [4.78, 5) is 20.5. The summed E-state index contributed by atoms with van der Waals surface area (Å²) in [6, 6.07) is 9.89. The summed E-state index contributed by atoms with van der Waals surface area (Å²) < 4.78 is 8.98. The highest BCUT2D eigenvalue weighted by Gasteiger charge is 1.95. The molecule has 0 atom stereocenters. The zero-order valence-electron chi connectivity index (χ0n) is 12.4. The smallest absolute Gasteiger partial charge is 0.330 e. The van der Waals surface area contributed by atoms with Gasteiger partial charge in [-0.15, -0.1) is 13.2 Å². The second-order valence-corrected chi connectivity index (χ2v) is 3.33. The summed E-state index contributed by atoms with van der Waals surface area (Å²) in [5.74, 6) is -0.758. The summed E-state index contributed by atoms with van der Waals surface area (Å²) in [5.41, 5.74) is 1.17. The Bertz CT molecular complexity index is 424. The van der Waals surface area contributed by atoms with Crippen LogP contribution in [0.1, 0.15) is 5.56 Å². The molecule has 0 unspecified atom stereocenters. The standard InChI is InChI=1S/C11H12O2.C4H6O2.C2H4/c1-2-11(12)13-9-8-10-6-4-3-5-7-10;1-3-4(5)6-2;1-2/h2-7H,1,8-9H2;3H,1H2,2H3;1-2H2. The molecule has 0 N–H and O–H groups in total. The van der Waals surface area contributed by atoms with Crippen molar-refractivity contribution in [2.75, 3.05) is 13.7 Å². The monoisotopic (exact) mass is 290 g/mol. The Morgan fingerprint density at radius 2 is 1.57 bits per heavy atom. The van der Waals surface area contributed by atoms with E-state index in [0.29, 0.717) is 6.61 Å². The maximum absolute atomic E-state index is 10.7. The number of carbonyl (C=O) groups is 2. The predicted octanol–water partition coefficient (Wildman–Crippen LogP) is 3.11. The minimum atomic E-state index is -0.394. The van der Waals surface area contributed by atoms with Crippen molar-refractivity contribution in [3.8, 4) is 0 Å². The van der Waals surface area contributed by atoms with Crippen LogP contribution in [0.5, 0.6) is 0 Å². The lowest BCUT2D eigenvalue weighted by atomic mass is 10.2. The highest BCUT2D eigenvalue weighted by atomic mass is 16.5. The molecule has 0 aliphatic rings. The van der Waals surface area contributed by atoms with Gasteiger partial charge >= 0.3 is 11.9 Å². The first kappa shape index (κ1) is 20.7. The van der Waals surface area contributed by atoms with Crippen LogP contribution in [0.4, 0.5) is 0 Å². The molecule has 0 aromatic heterocycles. The Morgan fingerprint density at radius 1 is 1.05 bits per heavy atom. The fourth-order valence-corrected chi connectivity index (χ4v) is 1.06. The minimum Gasteiger partial charge on any atom is -0.466 e. The molecule has 0 spiro atoms. The molecular weight excluding hydrogens is 268 g/mol. The van der Waals surface area contributed by atoms with E-state index in [9.17, 15) is 9.59 Å². The van der Waals surface area contributed by atoms with Gasteiger partial charge in [0.1, 0.15) is 0 Å². The third kappa shape index (κ3) is 13.6. The molecule has 0 aliphatic carbocycles. The molecule has 0 aliphatic heterocycles. The number of hydrogen-bond donors (Lipinski definition) is 0. The van der Waals surface area contributed by atoms with Crippen LogP contribution in [0.25, 0.3) is 0 Å². The SMILES string of the molecule is C=C.C=CC(=O)OC.C=CC(=O)OCCc1ccccc1. The largest absolute Gasteiger partial charge is 0.466 e. The second-order valence-electron chi connectivity index (χ2n) is 3.33. The van der Waals surface area contributed by atoms with E-state index in [-0.39, 0.29) is 5.97 Å². The molecule has 4 nitrogen and oxygen atoms in total. The van der Waals surface area contributed by atoms with E-state index < -0.39 is 5.97 Å². The number of rotatable bonds is 5. The van der Waals surface area contributed by atoms with Gasteiger partial charge in [0.15, 0.2) is 0 Å². The Balaban J connectivity index is 0. The van der Waals surface area contributed by atoms with E-state index in [2.05, 4.69) is 31.1 Å². The van der Waals surface area contributed by atoms with E-state index in [0.717, 1.165) is 12.5 Å². The summed E-state index contributed by atoms with van der Waals surface area (Å²) in [6.45, 7) is 12.9. The zero-order chi connectivity index (χ0) is 16.5. The van der Waals surface area contributed by atoms with Gasteiger partial charge < -0.3 is 9.47 Å². The Morgan fingerprint density at radius 3 is 1.95 bits per heavy atom. The third-order valence-electron chi connectivity index (χ3n) is 2.01. The average molecular weight is 290 g/mol. The van der Waals surface area contributed by atoms with Gasteiger partial charge in [-0.25, -0.2) is 9.59 Å². The van der Waals surface area contributed by atoms with Gasteiger partial charge in [-0.05, 0) is 5.56 Å². The number of hydrogen-bond acceptors (Lipinski definition) is 4. The van der Waals surface area contributed by atoms with E-state index in [1.807, 2.05) is 30.3 Å². The van der Waals surface area contributed by atoms with Crippen LogP contribution in [0.15, 0.2) is 68.8 Å². The fourth-order valence-electron chi connectivity index (χ4n) is 1.06. The van der Waals surface area contributed by atoms with Crippen molar-refractivity contribution in [2.45, 2.75) is 6.42 Å². The maximum atomic E-state index is 10.7. The van der Waals surface area contributed by atoms with Crippen LogP contribution in [-0.2, 0) is 25.5 Å². The highest BCUT2D eigenvalue weighted by Crippen LogP contribution is 1.99. The maximum Gasteiger partial charge on any atom is 0.330 e. The molecule has 0 saturated carbocycles. The van der Waals surface area contributed by atoms with Crippen molar-refractivity contribution >= 4 is 11.9 Å². The summed E-state index contributed by atoms with van der Waals surface area (Å²) in [5, 5.41) is 0. The minimum absolute atomic E-state index is 0.365. The molecule has 0 saturated heterocycles. The second kappa shape index (κ2) is 15.4. The van der Waals surface area contributed by atoms with Crippen LogP contribution in [0.3, 0.4) is 0 Å². The van der Waals surface area contributed by atoms with Gasteiger partial charge in [0.2, 0.25) is 0 Å². The van der Waals surface area contributed by atoms with E-state index in [1.165, 1.54) is 18.7 Å². The average Bonchev–Trinajstić information content (AvgIpc) is 2.57. The third-order valence-corrected chi connectivity index (χ3v) is 2.01. The quantitative estimate of drug-likeness (QED) is 0.475. The molecule has 21 heavy (non-hydrogen) atoms. The molecule has 4 heteroatoms. The van der Waals surface area contributed by atoms with Gasteiger partial charge in [-0.1, -0.05) is 43.5 Å². The summed E-state index contributed by atoms with van der Waals surface area (Å²) in [7, 11) is 1.31. The fraction of sp³-hybridized carbons (Fsp3) is 0.176. The molecule has 1 rings (SSSR count). The molecule has 114 valence electrons. The van der Waals surface area contributed by atoms with Crippen molar-refractivity contribution in [2.24, 2.45) is 0 Å². The Hall–Kier alpha value is -2.62. The first-order valence-corrected chi connectivity index (χ1v) is 6.17. The zero-order valence-corrected chi connectivity index (χ0v) is 12.4. The molecule has 1 aromatic carbocycles. The van der Waals surface area contributed by atoms with Gasteiger partial charge in [0.25, 0.3) is 0 Å². The predicted molar refractivity (Wildman–Crippen MR) is 84.8 cm³/mol. The normalized spacial score (nSPS) is 7.86. The number of methoxy groups -OCH3 is 1. The van der Waals surface area contributed by atoms with Gasteiger partial charge in [0, 0.05) is 18.6 Å². The van der Waals surface area contributed by atoms with Crippen molar-refractivity contribution < 1.29 is 19.1 Å². The van der Waals surface area contributed by atoms with Crippen LogP contribution < -0.4 is 0 Å². The number of ether oxygens (including phenoxy) is 2. The lowest BCUT2D eigenvalue weighted by Crippen LogP contribution is -2.04. The Labute approximate surface area is 126 Å². The molecule has 0 bridgehead atoms. The number of esters is 2. The van der Waals surface area contributed by atoms with E-state index in [1.54, 1.807) is 0 Å².